The molecule has 4 rings (SSSR count). The first-order valence-electron chi connectivity index (χ1n) is 8.97. The van der Waals surface area contributed by atoms with E-state index in [2.05, 4.69) is 6.07 Å². The molecule has 136 valence electrons. The number of nitrogens with zero attached hydrogens (tertiary/aromatic N) is 3. The summed E-state index contributed by atoms with van der Waals surface area (Å²) >= 11 is 0. The predicted molar refractivity (Wildman–Crippen MR) is 107 cm³/mol. The van der Waals surface area contributed by atoms with Gasteiger partial charge in [-0.05, 0) is 29.8 Å². The maximum absolute atomic E-state index is 12.8. The van der Waals surface area contributed by atoms with Crippen molar-refractivity contribution in [2.24, 2.45) is 0 Å². The molecule has 0 bridgehead atoms. The lowest BCUT2D eigenvalue weighted by Crippen LogP contribution is -2.27. The minimum atomic E-state index is -0.0920. The fourth-order valence-electron chi connectivity index (χ4n) is 3.35. The standard InChI is InChI=1S/C23H18N4O/c24-14-17-10-12-19(13-11-17)22(28)16-27-21-9-5-4-8-20(21)26(23(27)25)15-18-6-2-1-3-7-18/h1-13,25H,15-16H2. The van der Waals surface area contributed by atoms with Gasteiger partial charge in [0, 0.05) is 5.56 Å². The average molecular weight is 366 g/mol. The Morgan fingerprint density at radius 2 is 1.46 bits per heavy atom. The average Bonchev–Trinajstić information content (AvgIpc) is 3.00. The van der Waals surface area contributed by atoms with Crippen LogP contribution in [0.4, 0.5) is 0 Å². The van der Waals surface area contributed by atoms with Gasteiger partial charge in [-0.25, -0.2) is 0 Å². The van der Waals surface area contributed by atoms with Crippen LogP contribution in [0.15, 0.2) is 78.9 Å². The van der Waals surface area contributed by atoms with Crippen molar-refractivity contribution in [1.29, 1.82) is 10.7 Å². The number of rotatable bonds is 5. The van der Waals surface area contributed by atoms with Crippen LogP contribution >= 0.6 is 0 Å². The fraction of sp³-hybridized carbons (Fsp3) is 0.0870. The normalized spacial score (nSPS) is 10.7. The molecule has 5 heteroatoms. The summed E-state index contributed by atoms with van der Waals surface area (Å²) in [6, 6.07) is 26.4. The van der Waals surface area contributed by atoms with Crippen LogP contribution in [0, 0.1) is 16.7 Å². The molecule has 4 aromatic rings. The molecule has 1 heterocycles. The summed E-state index contributed by atoms with van der Waals surface area (Å²) in [7, 11) is 0. The van der Waals surface area contributed by atoms with Crippen LogP contribution in [0.25, 0.3) is 11.0 Å². The summed E-state index contributed by atoms with van der Waals surface area (Å²) in [5, 5.41) is 17.6. The van der Waals surface area contributed by atoms with Crippen molar-refractivity contribution in [2.45, 2.75) is 13.1 Å². The van der Waals surface area contributed by atoms with Crippen LogP contribution in [0.1, 0.15) is 21.5 Å². The molecule has 0 amide bonds. The van der Waals surface area contributed by atoms with E-state index in [1.807, 2.05) is 59.2 Å². The monoisotopic (exact) mass is 366 g/mol. The molecule has 28 heavy (non-hydrogen) atoms. The second kappa shape index (κ2) is 7.37. The number of nitriles is 1. The molecule has 0 unspecified atom stereocenters. The second-order valence-corrected chi connectivity index (χ2v) is 6.58. The highest BCUT2D eigenvalue weighted by Gasteiger charge is 2.14. The van der Waals surface area contributed by atoms with E-state index < -0.39 is 0 Å². The Morgan fingerprint density at radius 1 is 0.857 bits per heavy atom. The number of carbonyl (C=O) groups is 1. The zero-order chi connectivity index (χ0) is 19.5. The van der Waals surface area contributed by atoms with E-state index in [0.717, 1.165) is 16.6 Å². The summed E-state index contributed by atoms with van der Waals surface area (Å²) in [5.41, 5.74) is 4.21. The molecule has 0 fully saturated rings. The lowest BCUT2D eigenvalue weighted by atomic mass is 10.1. The third-order valence-electron chi connectivity index (χ3n) is 4.80. The zero-order valence-electron chi connectivity index (χ0n) is 15.2. The van der Waals surface area contributed by atoms with Crippen LogP contribution in [0.5, 0.6) is 0 Å². The minimum Gasteiger partial charge on any atom is -0.306 e. The van der Waals surface area contributed by atoms with Crippen molar-refractivity contribution in [2.75, 3.05) is 0 Å². The first-order valence-corrected chi connectivity index (χ1v) is 8.97. The number of nitrogens with one attached hydrogen (secondary N) is 1. The molecule has 0 aliphatic rings. The Balaban J connectivity index is 1.73. The van der Waals surface area contributed by atoms with Crippen molar-refractivity contribution in [3.63, 3.8) is 0 Å². The van der Waals surface area contributed by atoms with Gasteiger partial charge in [-0.3, -0.25) is 10.2 Å². The second-order valence-electron chi connectivity index (χ2n) is 6.58. The summed E-state index contributed by atoms with van der Waals surface area (Å²) in [6.07, 6.45) is 0. The molecule has 0 aliphatic heterocycles. The third kappa shape index (κ3) is 3.24. The first-order chi connectivity index (χ1) is 13.7. The maximum atomic E-state index is 12.8. The number of para-hydroxylation sites is 2. The largest absolute Gasteiger partial charge is 0.306 e. The van der Waals surface area contributed by atoms with E-state index in [1.54, 1.807) is 28.8 Å². The lowest BCUT2D eigenvalue weighted by molar-refractivity contribution is 0.0971. The van der Waals surface area contributed by atoms with Crippen molar-refractivity contribution < 1.29 is 4.79 Å². The van der Waals surface area contributed by atoms with Gasteiger partial charge in [-0.1, -0.05) is 54.6 Å². The molecule has 1 aromatic heterocycles. The van der Waals surface area contributed by atoms with Gasteiger partial charge in [0.1, 0.15) is 0 Å². The highest BCUT2D eigenvalue weighted by atomic mass is 16.1. The Kier molecular flexibility index (Phi) is 4.61. The number of carbonyl (C=O) groups excluding carboxylic acids is 1. The van der Waals surface area contributed by atoms with Crippen LogP contribution in [0.2, 0.25) is 0 Å². The molecular weight excluding hydrogens is 348 g/mol. The number of hydrogen-bond donors (Lipinski definition) is 1. The minimum absolute atomic E-state index is 0.0764. The van der Waals surface area contributed by atoms with E-state index in [9.17, 15) is 4.79 Å². The Bertz CT molecular complexity index is 1240. The van der Waals surface area contributed by atoms with E-state index in [1.165, 1.54) is 0 Å². The predicted octanol–water partition coefficient (Wildman–Crippen LogP) is 3.73. The van der Waals surface area contributed by atoms with E-state index in [0.29, 0.717) is 17.7 Å². The van der Waals surface area contributed by atoms with Crippen LogP contribution in [-0.4, -0.2) is 14.9 Å². The summed E-state index contributed by atoms with van der Waals surface area (Å²) < 4.78 is 3.65. The van der Waals surface area contributed by atoms with Crippen LogP contribution in [-0.2, 0) is 13.1 Å². The number of benzene rings is 3. The molecule has 1 N–H and O–H groups in total. The maximum Gasteiger partial charge on any atom is 0.203 e. The molecule has 0 atom stereocenters. The van der Waals surface area contributed by atoms with Crippen molar-refractivity contribution >= 4 is 16.8 Å². The van der Waals surface area contributed by atoms with Crippen molar-refractivity contribution in [3.8, 4) is 6.07 Å². The third-order valence-corrected chi connectivity index (χ3v) is 4.80. The zero-order valence-corrected chi connectivity index (χ0v) is 15.2. The van der Waals surface area contributed by atoms with Gasteiger partial charge in [0.2, 0.25) is 5.62 Å². The Labute approximate surface area is 162 Å². The summed E-state index contributed by atoms with van der Waals surface area (Å²) in [6.45, 7) is 0.644. The fourth-order valence-corrected chi connectivity index (χ4v) is 3.35. The van der Waals surface area contributed by atoms with Crippen LogP contribution < -0.4 is 5.62 Å². The lowest BCUT2D eigenvalue weighted by Gasteiger charge is -2.05. The number of hydrogen-bond acceptors (Lipinski definition) is 3. The van der Waals surface area contributed by atoms with Gasteiger partial charge in [-0.2, -0.15) is 5.26 Å². The van der Waals surface area contributed by atoms with Gasteiger partial charge >= 0.3 is 0 Å². The molecule has 0 spiro atoms. The first kappa shape index (κ1) is 17.5. The molecular formula is C23H18N4O. The number of Topliss-reactive ketones (excluding diaryl/α,β-unsaturated/α-hetero) is 1. The Hall–Kier alpha value is -3.91. The highest BCUT2D eigenvalue weighted by molar-refractivity contribution is 5.96. The topological polar surface area (TPSA) is 74.6 Å². The molecule has 0 aliphatic carbocycles. The molecule has 0 saturated carbocycles. The van der Waals surface area contributed by atoms with Crippen molar-refractivity contribution in [1.82, 2.24) is 9.13 Å². The molecule has 3 aromatic carbocycles. The number of imidazole rings is 1. The SMILES string of the molecule is N#Cc1ccc(C(=O)Cn2c(=N)n(Cc3ccccc3)c3ccccc32)cc1. The van der Waals surface area contributed by atoms with Gasteiger partial charge in [0.05, 0.1) is 35.8 Å². The number of ketones is 1. The highest BCUT2D eigenvalue weighted by Crippen LogP contribution is 2.15. The van der Waals surface area contributed by atoms with Gasteiger partial charge < -0.3 is 9.13 Å². The number of aromatic nitrogens is 2. The van der Waals surface area contributed by atoms with E-state index in [-0.39, 0.29) is 17.9 Å². The van der Waals surface area contributed by atoms with Crippen LogP contribution in [0.3, 0.4) is 0 Å². The van der Waals surface area contributed by atoms with E-state index >= 15 is 0 Å². The molecule has 0 saturated heterocycles. The molecule has 0 radical (unpaired) electrons. The van der Waals surface area contributed by atoms with Gasteiger partial charge in [-0.15, -0.1) is 0 Å². The van der Waals surface area contributed by atoms with Crippen molar-refractivity contribution in [3.05, 3.63) is 101 Å². The van der Waals surface area contributed by atoms with Gasteiger partial charge in [0.15, 0.2) is 5.78 Å². The smallest absolute Gasteiger partial charge is 0.203 e. The summed E-state index contributed by atoms with van der Waals surface area (Å²) in [4.78, 5) is 12.8. The quantitative estimate of drug-likeness (QED) is 0.547. The summed E-state index contributed by atoms with van der Waals surface area (Å²) in [5.74, 6) is -0.0920. The molecule has 5 nitrogen and oxygen atoms in total. The van der Waals surface area contributed by atoms with Gasteiger partial charge in [0.25, 0.3) is 0 Å². The Morgan fingerprint density at radius 3 is 2.11 bits per heavy atom. The van der Waals surface area contributed by atoms with E-state index in [4.69, 9.17) is 10.7 Å². The number of fused-ring (bicyclic) bond motifs is 1.